The second-order valence-electron chi connectivity index (χ2n) is 11.1. The molecule has 0 aromatic heterocycles. The van der Waals surface area contributed by atoms with Gasteiger partial charge in [0.05, 0.1) is 25.9 Å². The molecule has 222 valence electrons. The summed E-state index contributed by atoms with van der Waals surface area (Å²) in [5.41, 5.74) is 4.01. The van der Waals surface area contributed by atoms with Gasteiger partial charge in [0, 0.05) is 49.7 Å². The third-order valence-electron chi connectivity index (χ3n) is 8.21. The van der Waals surface area contributed by atoms with Crippen molar-refractivity contribution in [1.29, 1.82) is 0 Å². The van der Waals surface area contributed by atoms with E-state index in [1.807, 2.05) is 18.2 Å². The Morgan fingerprint density at radius 3 is 2.36 bits per heavy atom. The standard InChI is InChI=1S/C34H42N4O4/c1-41-30-11-8-28(9-12-30)33(39)36-29-10-13-32(38-18-14-27(15-19-38)24-26-6-3-2-4-7-26)31(25-29)34(40)35-16-5-17-37-20-22-42-23-21-37/h2-4,6-13,25,27H,5,14-24H2,1H3,(H,35,40)(H,36,39). The van der Waals surface area contributed by atoms with E-state index < -0.39 is 0 Å². The van der Waals surface area contributed by atoms with Crippen molar-refractivity contribution in [1.82, 2.24) is 10.2 Å². The summed E-state index contributed by atoms with van der Waals surface area (Å²) in [6.45, 7) is 6.74. The molecule has 42 heavy (non-hydrogen) atoms. The Labute approximate surface area is 249 Å². The van der Waals surface area contributed by atoms with Gasteiger partial charge in [-0.15, -0.1) is 0 Å². The second kappa shape index (κ2) is 14.8. The van der Waals surface area contributed by atoms with Crippen molar-refractivity contribution in [2.75, 3.05) is 69.8 Å². The molecule has 0 atom stereocenters. The number of amides is 2. The van der Waals surface area contributed by atoms with Crippen LogP contribution in [0.1, 0.15) is 45.5 Å². The first-order valence-corrected chi connectivity index (χ1v) is 15.1. The smallest absolute Gasteiger partial charge is 0.255 e. The summed E-state index contributed by atoms with van der Waals surface area (Å²) in [6, 6.07) is 23.3. The van der Waals surface area contributed by atoms with Gasteiger partial charge >= 0.3 is 0 Å². The van der Waals surface area contributed by atoms with Gasteiger partial charge in [0.25, 0.3) is 11.8 Å². The van der Waals surface area contributed by atoms with Gasteiger partial charge in [-0.2, -0.15) is 0 Å². The first-order valence-electron chi connectivity index (χ1n) is 15.1. The number of nitrogens with zero attached hydrogens (tertiary/aromatic N) is 2. The molecule has 8 nitrogen and oxygen atoms in total. The minimum atomic E-state index is -0.232. The Morgan fingerprint density at radius 2 is 1.64 bits per heavy atom. The zero-order chi connectivity index (χ0) is 29.1. The van der Waals surface area contributed by atoms with E-state index in [0.29, 0.717) is 35.0 Å². The molecule has 2 amide bonds. The van der Waals surface area contributed by atoms with Crippen LogP contribution >= 0.6 is 0 Å². The topological polar surface area (TPSA) is 83.1 Å². The quantitative estimate of drug-likeness (QED) is 0.321. The van der Waals surface area contributed by atoms with Gasteiger partial charge in [-0.3, -0.25) is 14.5 Å². The summed E-state index contributed by atoms with van der Waals surface area (Å²) >= 11 is 0. The van der Waals surface area contributed by atoms with Crippen molar-refractivity contribution in [2.24, 2.45) is 5.92 Å². The molecule has 2 fully saturated rings. The molecule has 0 radical (unpaired) electrons. The number of ether oxygens (including phenoxy) is 2. The van der Waals surface area contributed by atoms with Gasteiger partial charge < -0.3 is 25.0 Å². The molecule has 8 heteroatoms. The average molecular weight is 571 g/mol. The molecule has 2 aliphatic rings. The highest BCUT2D eigenvalue weighted by atomic mass is 16.5. The van der Waals surface area contributed by atoms with Gasteiger partial charge in [-0.25, -0.2) is 0 Å². The van der Waals surface area contributed by atoms with E-state index in [-0.39, 0.29) is 11.8 Å². The summed E-state index contributed by atoms with van der Waals surface area (Å²) in [5.74, 6) is 0.975. The second-order valence-corrected chi connectivity index (χ2v) is 11.1. The number of benzene rings is 3. The van der Waals surface area contributed by atoms with Gasteiger partial charge in [0.2, 0.25) is 0 Å². The highest BCUT2D eigenvalue weighted by Crippen LogP contribution is 2.30. The molecule has 5 rings (SSSR count). The van der Waals surface area contributed by atoms with Crippen LogP contribution < -0.4 is 20.3 Å². The van der Waals surface area contributed by atoms with Crippen LogP contribution in [-0.2, 0) is 11.2 Å². The maximum Gasteiger partial charge on any atom is 0.255 e. The Bertz CT molecular complexity index is 1300. The van der Waals surface area contributed by atoms with Crippen molar-refractivity contribution in [3.05, 3.63) is 89.5 Å². The van der Waals surface area contributed by atoms with Gasteiger partial charge in [0.1, 0.15) is 5.75 Å². The molecule has 2 aliphatic heterocycles. The Morgan fingerprint density at radius 1 is 0.905 bits per heavy atom. The number of methoxy groups -OCH3 is 1. The lowest BCUT2D eigenvalue weighted by Crippen LogP contribution is -2.38. The number of rotatable bonds is 11. The third-order valence-corrected chi connectivity index (χ3v) is 8.21. The third kappa shape index (κ3) is 8.11. The van der Waals surface area contributed by atoms with E-state index in [2.05, 4.69) is 50.8 Å². The van der Waals surface area contributed by atoms with Crippen LogP contribution in [0.3, 0.4) is 0 Å². The number of nitrogens with one attached hydrogen (secondary N) is 2. The minimum Gasteiger partial charge on any atom is -0.497 e. The molecule has 2 N–H and O–H groups in total. The van der Waals surface area contributed by atoms with E-state index in [1.54, 1.807) is 31.4 Å². The number of hydrogen-bond acceptors (Lipinski definition) is 6. The van der Waals surface area contributed by atoms with Crippen LogP contribution in [0.5, 0.6) is 5.75 Å². The number of carbonyl (C=O) groups is 2. The summed E-state index contributed by atoms with van der Waals surface area (Å²) in [5, 5.41) is 6.10. The van der Waals surface area contributed by atoms with Crippen molar-refractivity contribution >= 4 is 23.2 Å². The predicted octanol–water partition coefficient (Wildman–Crippen LogP) is 4.86. The summed E-state index contributed by atoms with van der Waals surface area (Å²) in [4.78, 5) is 31.2. The van der Waals surface area contributed by atoms with Gasteiger partial charge in [0.15, 0.2) is 0 Å². The van der Waals surface area contributed by atoms with Crippen LogP contribution in [-0.4, -0.2) is 76.3 Å². The first-order chi connectivity index (χ1) is 20.6. The monoisotopic (exact) mass is 570 g/mol. The van der Waals surface area contributed by atoms with E-state index >= 15 is 0 Å². The lowest BCUT2D eigenvalue weighted by molar-refractivity contribution is 0.0374. The van der Waals surface area contributed by atoms with Crippen LogP contribution in [0.25, 0.3) is 0 Å². The van der Waals surface area contributed by atoms with Crippen molar-refractivity contribution < 1.29 is 19.1 Å². The van der Waals surface area contributed by atoms with Crippen LogP contribution in [0, 0.1) is 5.92 Å². The molecule has 0 saturated carbocycles. The fourth-order valence-electron chi connectivity index (χ4n) is 5.77. The Hall–Kier alpha value is -3.88. The highest BCUT2D eigenvalue weighted by molar-refractivity contribution is 6.06. The average Bonchev–Trinajstić information content (AvgIpc) is 3.04. The van der Waals surface area contributed by atoms with Crippen molar-refractivity contribution in [3.63, 3.8) is 0 Å². The number of hydrogen-bond donors (Lipinski definition) is 2. The molecule has 2 saturated heterocycles. The molecule has 0 spiro atoms. The zero-order valence-corrected chi connectivity index (χ0v) is 24.5. The number of carbonyl (C=O) groups excluding carboxylic acids is 2. The van der Waals surface area contributed by atoms with Gasteiger partial charge in [-0.05, 0) is 86.2 Å². The number of morpholine rings is 1. The van der Waals surface area contributed by atoms with E-state index in [4.69, 9.17) is 9.47 Å². The molecule has 3 aromatic rings. The van der Waals surface area contributed by atoms with Crippen molar-refractivity contribution in [2.45, 2.75) is 25.7 Å². The Kier molecular flexibility index (Phi) is 10.5. The molecular weight excluding hydrogens is 528 g/mol. The first kappa shape index (κ1) is 29.6. The van der Waals surface area contributed by atoms with E-state index in [9.17, 15) is 9.59 Å². The molecule has 0 bridgehead atoms. The fraction of sp³-hybridized carbons (Fsp3) is 0.412. The molecular formula is C34H42N4O4. The SMILES string of the molecule is COc1ccc(C(=O)Nc2ccc(N3CCC(Cc4ccccc4)CC3)c(C(=O)NCCCN3CCOCC3)c2)cc1. The highest BCUT2D eigenvalue weighted by Gasteiger charge is 2.24. The van der Waals surface area contributed by atoms with Crippen molar-refractivity contribution in [3.8, 4) is 5.75 Å². The maximum absolute atomic E-state index is 13.5. The molecule has 0 aliphatic carbocycles. The van der Waals surface area contributed by atoms with Gasteiger partial charge in [-0.1, -0.05) is 30.3 Å². The van der Waals surface area contributed by atoms with Crippen LogP contribution in [0.15, 0.2) is 72.8 Å². The molecule has 3 aromatic carbocycles. The Balaban J connectivity index is 1.25. The van der Waals surface area contributed by atoms with Crippen LogP contribution in [0.2, 0.25) is 0 Å². The van der Waals surface area contributed by atoms with E-state index in [1.165, 1.54) is 5.56 Å². The summed E-state index contributed by atoms with van der Waals surface area (Å²) in [7, 11) is 1.59. The number of anilines is 2. The lowest BCUT2D eigenvalue weighted by Gasteiger charge is -2.35. The van der Waals surface area contributed by atoms with E-state index in [0.717, 1.165) is 77.3 Å². The largest absolute Gasteiger partial charge is 0.497 e. The summed E-state index contributed by atoms with van der Waals surface area (Å²) < 4.78 is 10.6. The lowest BCUT2D eigenvalue weighted by atomic mass is 9.89. The molecule has 2 heterocycles. The molecule has 0 unspecified atom stereocenters. The fourth-order valence-corrected chi connectivity index (χ4v) is 5.77. The number of piperidine rings is 1. The summed E-state index contributed by atoms with van der Waals surface area (Å²) in [6.07, 6.45) is 4.11. The predicted molar refractivity (Wildman–Crippen MR) is 167 cm³/mol. The maximum atomic E-state index is 13.5. The minimum absolute atomic E-state index is 0.112. The van der Waals surface area contributed by atoms with Crippen LogP contribution in [0.4, 0.5) is 11.4 Å². The normalized spacial score (nSPS) is 16.2. The zero-order valence-electron chi connectivity index (χ0n) is 24.5.